The minimum Gasteiger partial charge on any atom is -0.455 e. The van der Waals surface area contributed by atoms with Crippen molar-refractivity contribution in [3.05, 3.63) is 188 Å². The predicted octanol–water partition coefficient (Wildman–Crippen LogP) is 14.6. The molecule has 0 saturated heterocycles. The second-order valence-electron chi connectivity index (χ2n) is 13.4. The smallest absolute Gasteiger partial charge is 0.143 e. The molecule has 11 rings (SSSR count). The topological polar surface area (TPSA) is 29.5 Å². The summed E-state index contributed by atoms with van der Waals surface area (Å²) < 4.78 is 51.3. The zero-order valence-corrected chi connectivity index (χ0v) is 28.4. The van der Waals surface area contributed by atoms with E-state index in [9.17, 15) is 5.48 Å². The van der Waals surface area contributed by atoms with E-state index in [2.05, 4.69) is 30.3 Å². The summed E-state index contributed by atoms with van der Waals surface area (Å²) in [5.41, 5.74) is 7.07. The largest absolute Gasteiger partial charge is 0.455 e. The van der Waals surface area contributed by atoms with Gasteiger partial charge in [0.25, 0.3) is 0 Å². The van der Waals surface area contributed by atoms with Gasteiger partial charge in [-0.05, 0) is 87.4 Å². The van der Waals surface area contributed by atoms with Crippen molar-refractivity contribution in [2.45, 2.75) is 0 Å². The quantitative estimate of drug-likeness (QED) is 0.181. The van der Waals surface area contributed by atoms with Crippen LogP contribution < -0.4 is 4.90 Å². The van der Waals surface area contributed by atoms with Gasteiger partial charge in [-0.1, -0.05) is 133 Å². The zero-order chi connectivity index (χ0) is 38.4. The molecule has 0 fully saturated rings. The lowest BCUT2D eigenvalue weighted by molar-refractivity contribution is 0.670. The van der Waals surface area contributed by atoms with Gasteiger partial charge < -0.3 is 13.7 Å². The maximum atomic E-state index is 9.67. The highest BCUT2D eigenvalue weighted by Crippen LogP contribution is 2.46. The molecule has 2 aromatic heterocycles. The summed E-state index contributed by atoms with van der Waals surface area (Å²) in [6, 6.07) is 53.3. The first-order valence-electron chi connectivity index (χ1n) is 19.7. The minimum atomic E-state index is -0.154. The Balaban J connectivity index is 1.19. The molecular weight excluding hydrogens is 647 g/mol. The van der Waals surface area contributed by atoms with E-state index in [0.29, 0.717) is 22.5 Å². The van der Waals surface area contributed by atoms with Crippen molar-refractivity contribution in [3.8, 4) is 22.3 Å². The fourth-order valence-electron chi connectivity index (χ4n) is 7.80. The molecule has 0 atom stereocenters. The Morgan fingerprint density at radius 3 is 2.00 bits per heavy atom. The number of hydrogen-bond acceptors (Lipinski definition) is 3. The van der Waals surface area contributed by atoms with E-state index in [1.165, 1.54) is 0 Å². The van der Waals surface area contributed by atoms with Gasteiger partial charge in [-0.15, -0.1) is 0 Å². The van der Waals surface area contributed by atoms with Crippen molar-refractivity contribution in [2.24, 2.45) is 0 Å². The molecule has 9 aromatic carbocycles. The Kier molecular flexibility index (Phi) is 5.71. The average Bonchev–Trinajstić information content (AvgIpc) is 3.84. The first-order valence-corrected chi connectivity index (χ1v) is 17.7. The molecule has 3 nitrogen and oxygen atoms in total. The van der Waals surface area contributed by atoms with Crippen LogP contribution in [0, 0.1) is 0 Å². The number of benzene rings is 9. The number of fused-ring (bicyclic) bond motifs is 9. The van der Waals surface area contributed by atoms with E-state index in [1.807, 2.05) is 138 Å². The maximum Gasteiger partial charge on any atom is 0.143 e. The fraction of sp³-hybridized carbons (Fsp3) is 0. The van der Waals surface area contributed by atoms with Crippen LogP contribution in [-0.2, 0) is 0 Å². The SMILES string of the molecule is [2H]c1c([2H])c(N(c2cccc(-c3cccc4c3oc3ccccc34)c2)c2cccc3oc4c5ccccc5ccc4c23)c([2H])c([2H])c1-c1ccc2ccccc2c1. The molecule has 0 saturated carbocycles. The van der Waals surface area contributed by atoms with E-state index in [-0.39, 0.29) is 35.4 Å². The number of nitrogens with zero attached hydrogens (tertiary/aromatic N) is 1. The molecule has 0 spiro atoms. The standard InChI is InChI=1S/C50H31NO2/c1-2-12-35-30-36(23-22-32(35)10-1)33-24-27-38(28-25-33)51(45-19-9-21-47-48(45)44-29-26-34-11-3-4-15-40(34)50(44)53-47)39-14-7-13-37(31-39)41-17-8-18-43-42-16-5-6-20-46(42)52-49(41)43/h1-31H/i24D,25D,27D,28D. The molecule has 0 unspecified atom stereocenters. The summed E-state index contributed by atoms with van der Waals surface area (Å²) in [7, 11) is 0. The van der Waals surface area contributed by atoms with Crippen LogP contribution in [-0.4, -0.2) is 0 Å². The lowest BCUT2D eigenvalue weighted by atomic mass is 9.99. The highest BCUT2D eigenvalue weighted by atomic mass is 16.3. The Hall–Kier alpha value is -7.10. The maximum absolute atomic E-state index is 9.67. The van der Waals surface area contributed by atoms with Gasteiger partial charge in [0.1, 0.15) is 22.3 Å². The highest BCUT2D eigenvalue weighted by molar-refractivity contribution is 6.19. The Labute approximate surface area is 311 Å². The van der Waals surface area contributed by atoms with E-state index in [0.717, 1.165) is 71.0 Å². The van der Waals surface area contributed by atoms with E-state index < -0.39 is 0 Å². The molecule has 53 heavy (non-hydrogen) atoms. The number of para-hydroxylation sites is 2. The van der Waals surface area contributed by atoms with Gasteiger partial charge in [0.05, 0.1) is 16.6 Å². The summed E-state index contributed by atoms with van der Waals surface area (Å²) in [4.78, 5) is 1.86. The van der Waals surface area contributed by atoms with Crippen LogP contribution in [0.15, 0.2) is 197 Å². The van der Waals surface area contributed by atoms with Gasteiger partial charge in [-0.25, -0.2) is 0 Å². The van der Waals surface area contributed by atoms with Crippen molar-refractivity contribution >= 4 is 82.5 Å². The van der Waals surface area contributed by atoms with Crippen LogP contribution >= 0.6 is 0 Å². The predicted molar refractivity (Wildman–Crippen MR) is 222 cm³/mol. The number of rotatable bonds is 5. The molecule has 0 radical (unpaired) electrons. The van der Waals surface area contributed by atoms with Gasteiger partial charge in [0, 0.05) is 38.5 Å². The molecule has 2 heterocycles. The average molecular weight is 682 g/mol. The lowest BCUT2D eigenvalue weighted by Gasteiger charge is -2.27. The third kappa shape index (κ3) is 4.75. The second kappa shape index (κ2) is 11.7. The van der Waals surface area contributed by atoms with Gasteiger partial charge in [0.2, 0.25) is 0 Å². The molecule has 0 amide bonds. The molecular formula is C50H31NO2. The molecule has 0 aliphatic heterocycles. The van der Waals surface area contributed by atoms with E-state index in [4.69, 9.17) is 8.83 Å². The van der Waals surface area contributed by atoms with Crippen molar-refractivity contribution in [1.29, 1.82) is 0 Å². The van der Waals surface area contributed by atoms with Gasteiger partial charge in [0.15, 0.2) is 0 Å². The molecule has 11 aromatic rings. The molecule has 0 aliphatic rings. The third-order valence-electron chi connectivity index (χ3n) is 10.3. The normalized spacial score (nSPS) is 12.8. The summed E-state index contributed by atoms with van der Waals surface area (Å²) >= 11 is 0. The van der Waals surface area contributed by atoms with Crippen molar-refractivity contribution in [3.63, 3.8) is 0 Å². The highest BCUT2D eigenvalue weighted by Gasteiger charge is 2.21. The molecule has 0 aliphatic carbocycles. The number of anilines is 3. The monoisotopic (exact) mass is 681 g/mol. The van der Waals surface area contributed by atoms with Crippen LogP contribution in [0.2, 0.25) is 0 Å². The summed E-state index contributed by atoms with van der Waals surface area (Å²) in [5, 5.41) is 7.76. The van der Waals surface area contributed by atoms with Crippen molar-refractivity contribution in [2.75, 3.05) is 4.90 Å². The first kappa shape index (κ1) is 25.8. The lowest BCUT2D eigenvalue weighted by Crippen LogP contribution is -2.10. The molecule has 0 bridgehead atoms. The first-order chi connectivity index (χ1) is 27.9. The summed E-state index contributed by atoms with van der Waals surface area (Å²) in [5.74, 6) is 0. The second-order valence-corrected chi connectivity index (χ2v) is 13.4. The van der Waals surface area contributed by atoms with Gasteiger partial charge >= 0.3 is 0 Å². The minimum absolute atomic E-state index is 0.121. The summed E-state index contributed by atoms with van der Waals surface area (Å²) in [6.07, 6.45) is 0. The van der Waals surface area contributed by atoms with E-state index >= 15 is 0 Å². The fourth-order valence-corrected chi connectivity index (χ4v) is 7.80. The third-order valence-corrected chi connectivity index (χ3v) is 10.3. The Morgan fingerprint density at radius 1 is 0.396 bits per heavy atom. The zero-order valence-electron chi connectivity index (χ0n) is 32.4. The van der Waals surface area contributed by atoms with E-state index in [1.54, 1.807) is 0 Å². The number of hydrogen-bond donors (Lipinski definition) is 0. The van der Waals surface area contributed by atoms with Crippen LogP contribution in [0.4, 0.5) is 17.1 Å². The number of furan rings is 2. The molecule has 0 N–H and O–H groups in total. The van der Waals surface area contributed by atoms with Crippen molar-refractivity contribution in [1.82, 2.24) is 0 Å². The Bertz CT molecular complexity index is 3410. The van der Waals surface area contributed by atoms with Crippen LogP contribution in [0.1, 0.15) is 5.48 Å². The van der Waals surface area contributed by atoms with Crippen LogP contribution in [0.25, 0.3) is 87.7 Å². The molecule has 3 heteroatoms. The summed E-state index contributed by atoms with van der Waals surface area (Å²) in [6.45, 7) is 0. The van der Waals surface area contributed by atoms with Crippen molar-refractivity contribution < 1.29 is 14.3 Å². The molecule has 248 valence electrons. The van der Waals surface area contributed by atoms with Crippen LogP contribution in [0.5, 0.6) is 0 Å². The van der Waals surface area contributed by atoms with Gasteiger partial charge in [-0.2, -0.15) is 0 Å². The van der Waals surface area contributed by atoms with Crippen LogP contribution in [0.3, 0.4) is 0 Å². The van der Waals surface area contributed by atoms with Gasteiger partial charge in [-0.3, -0.25) is 0 Å². The Morgan fingerprint density at radius 2 is 1.09 bits per heavy atom.